The minimum atomic E-state index is -1.48. The van der Waals surface area contributed by atoms with Crippen LogP contribution < -0.4 is 15.2 Å². The van der Waals surface area contributed by atoms with E-state index in [2.05, 4.69) is 0 Å². The molecule has 0 spiro atoms. The van der Waals surface area contributed by atoms with Gasteiger partial charge in [0.2, 0.25) is 6.79 Å². The Morgan fingerprint density at radius 3 is 2.59 bits per heavy atom. The van der Waals surface area contributed by atoms with E-state index in [1.807, 2.05) is 0 Å². The summed E-state index contributed by atoms with van der Waals surface area (Å²) in [5, 5.41) is 19.6. The lowest BCUT2D eigenvalue weighted by molar-refractivity contribution is -0.385. The van der Waals surface area contributed by atoms with E-state index in [4.69, 9.17) is 20.3 Å². The quantitative estimate of drug-likeness (QED) is 0.578. The van der Waals surface area contributed by atoms with Gasteiger partial charge in [0.25, 0.3) is 5.69 Å². The summed E-state index contributed by atoms with van der Waals surface area (Å²) in [4.78, 5) is 20.9. The highest BCUT2D eigenvalue weighted by molar-refractivity contribution is 5.78. The first-order valence-electron chi connectivity index (χ1n) is 4.57. The second-order valence-electron chi connectivity index (χ2n) is 3.34. The van der Waals surface area contributed by atoms with E-state index in [0.29, 0.717) is 0 Å². The van der Waals surface area contributed by atoms with Crippen molar-refractivity contribution in [1.29, 1.82) is 0 Å². The average molecular weight is 240 g/mol. The Morgan fingerprint density at radius 2 is 2.06 bits per heavy atom. The van der Waals surface area contributed by atoms with Gasteiger partial charge in [0.15, 0.2) is 11.5 Å². The fourth-order valence-corrected chi connectivity index (χ4v) is 1.49. The number of rotatable bonds is 3. The van der Waals surface area contributed by atoms with Gasteiger partial charge in [0.05, 0.1) is 16.6 Å². The van der Waals surface area contributed by atoms with Crippen LogP contribution in [0.2, 0.25) is 0 Å². The minimum absolute atomic E-state index is 0.0573. The van der Waals surface area contributed by atoms with Crippen LogP contribution in [0.4, 0.5) is 5.69 Å². The number of nitrogens with zero attached hydrogens (tertiary/aromatic N) is 1. The highest BCUT2D eigenvalue weighted by Gasteiger charge is 2.29. The molecule has 90 valence electrons. The summed E-state index contributed by atoms with van der Waals surface area (Å²) < 4.78 is 9.98. The fourth-order valence-electron chi connectivity index (χ4n) is 1.49. The molecule has 2 rings (SSSR count). The molecule has 0 fully saturated rings. The molecule has 1 aliphatic rings. The molecule has 0 bridgehead atoms. The highest BCUT2D eigenvalue weighted by Crippen LogP contribution is 2.39. The average Bonchev–Trinajstić information content (AvgIpc) is 2.72. The predicted molar refractivity (Wildman–Crippen MR) is 53.8 cm³/mol. The number of fused-ring (bicyclic) bond motifs is 1. The fraction of sp³-hybridized carbons (Fsp3) is 0.222. The monoisotopic (exact) mass is 240 g/mol. The Hall–Kier alpha value is -2.35. The lowest BCUT2D eigenvalue weighted by Crippen LogP contribution is -2.21. The van der Waals surface area contributed by atoms with Crippen molar-refractivity contribution in [3.05, 3.63) is 27.8 Å². The summed E-state index contributed by atoms with van der Waals surface area (Å²) in [5.41, 5.74) is 4.85. The van der Waals surface area contributed by atoms with E-state index >= 15 is 0 Å². The Balaban J connectivity index is 2.56. The zero-order valence-electron chi connectivity index (χ0n) is 8.45. The molecule has 1 atom stereocenters. The van der Waals surface area contributed by atoms with Crippen molar-refractivity contribution in [2.24, 2.45) is 5.73 Å². The van der Waals surface area contributed by atoms with Crippen LogP contribution >= 0.6 is 0 Å². The summed E-state index contributed by atoms with van der Waals surface area (Å²) in [5.74, 6) is -0.896. The maximum atomic E-state index is 10.8. The van der Waals surface area contributed by atoms with Gasteiger partial charge in [-0.15, -0.1) is 0 Å². The molecule has 1 aliphatic heterocycles. The number of carbonyl (C=O) groups is 1. The lowest BCUT2D eigenvalue weighted by atomic mass is 10.0. The number of aliphatic carboxylic acids is 1. The van der Waals surface area contributed by atoms with Crippen molar-refractivity contribution in [3.63, 3.8) is 0 Å². The molecule has 0 amide bonds. The van der Waals surface area contributed by atoms with Gasteiger partial charge in [-0.3, -0.25) is 14.9 Å². The second kappa shape index (κ2) is 3.91. The topological polar surface area (TPSA) is 125 Å². The third kappa shape index (κ3) is 1.85. The smallest absolute Gasteiger partial charge is 0.325 e. The molecule has 0 unspecified atom stereocenters. The maximum Gasteiger partial charge on any atom is 0.325 e. The Labute approximate surface area is 94.7 Å². The first-order chi connectivity index (χ1) is 8.00. The maximum absolute atomic E-state index is 10.8. The van der Waals surface area contributed by atoms with Crippen molar-refractivity contribution < 1.29 is 24.3 Å². The summed E-state index contributed by atoms with van der Waals surface area (Å²) in [6, 6.07) is 0.851. The standard InChI is InChI=1S/C9H8N2O6/c10-8(9(12)13)4-1-6-7(17-3-16-6)2-5(4)11(14)15/h1-2,8H,3,10H2,(H,12,13)/t8-/m0/s1. The molecule has 0 saturated carbocycles. The van der Waals surface area contributed by atoms with E-state index in [0.717, 1.165) is 6.07 Å². The van der Waals surface area contributed by atoms with Crippen LogP contribution in [0.5, 0.6) is 11.5 Å². The number of carboxylic acids is 1. The van der Waals surface area contributed by atoms with Gasteiger partial charge in [0, 0.05) is 0 Å². The molecular weight excluding hydrogens is 232 g/mol. The molecule has 0 aromatic heterocycles. The third-order valence-corrected chi connectivity index (χ3v) is 2.32. The number of ether oxygens (including phenoxy) is 2. The van der Waals surface area contributed by atoms with Crippen molar-refractivity contribution in [2.75, 3.05) is 6.79 Å². The Morgan fingerprint density at radius 1 is 1.47 bits per heavy atom. The Kier molecular flexibility index (Phi) is 2.56. The molecule has 1 heterocycles. The van der Waals surface area contributed by atoms with Crippen molar-refractivity contribution >= 4 is 11.7 Å². The molecule has 1 aromatic rings. The highest BCUT2D eigenvalue weighted by atomic mass is 16.7. The predicted octanol–water partition coefficient (Wildman–Crippen LogP) is 0.408. The van der Waals surface area contributed by atoms with Gasteiger partial charge in [-0.25, -0.2) is 0 Å². The van der Waals surface area contributed by atoms with Gasteiger partial charge in [-0.2, -0.15) is 0 Å². The number of hydrogen-bond acceptors (Lipinski definition) is 6. The van der Waals surface area contributed by atoms with E-state index in [-0.39, 0.29) is 23.9 Å². The SMILES string of the molecule is N[C@H](C(=O)O)c1cc2c(cc1[N+](=O)[O-])OCO2. The molecule has 0 aliphatic carbocycles. The molecule has 3 N–H and O–H groups in total. The normalized spacial score (nSPS) is 14.4. The van der Waals surface area contributed by atoms with Crippen LogP contribution in [0.3, 0.4) is 0 Å². The molecular formula is C9H8N2O6. The molecule has 1 aromatic carbocycles. The second-order valence-corrected chi connectivity index (χ2v) is 3.34. The number of hydrogen-bond donors (Lipinski definition) is 2. The summed E-state index contributed by atoms with van der Waals surface area (Å²) in [6.45, 7) is -0.0573. The minimum Gasteiger partial charge on any atom is -0.480 e. The molecule has 0 radical (unpaired) electrons. The number of carboxylic acid groups (broad SMARTS) is 1. The molecule has 8 nitrogen and oxygen atoms in total. The number of nitro groups is 1. The zero-order chi connectivity index (χ0) is 12.6. The Bertz CT molecular complexity index is 501. The lowest BCUT2D eigenvalue weighted by Gasteiger charge is -2.08. The van der Waals surface area contributed by atoms with E-state index in [1.54, 1.807) is 0 Å². The van der Waals surface area contributed by atoms with Gasteiger partial charge in [0.1, 0.15) is 6.04 Å². The van der Waals surface area contributed by atoms with Crippen LogP contribution in [0, 0.1) is 10.1 Å². The van der Waals surface area contributed by atoms with E-state index in [9.17, 15) is 14.9 Å². The van der Waals surface area contributed by atoms with E-state index in [1.165, 1.54) is 6.07 Å². The van der Waals surface area contributed by atoms with E-state index < -0.39 is 22.6 Å². The molecule has 0 saturated heterocycles. The largest absolute Gasteiger partial charge is 0.480 e. The molecule has 17 heavy (non-hydrogen) atoms. The van der Waals surface area contributed by atoms with Crippen molar-refractivity contribution in [3.8, 4) is 11.5 Å². The first-order valence-corrected chi connectivity index (χ1v) is 4.57. The van der Waals surface area contributed by atoms with Gasteiger partial charge in [-0.05, 0) is 6.07 Å². The van der Waals surface area contributed by atoms with Crippen LogP contribution in [-0.2, 0) is 4.79 Å². The van der Waals surface area contributed by atoms with Crippen LogP contribution in [-0.4, -0.2) is 22.8 Å². The number of benzene rings is 1. The summed E-state index contributed by atoms with van der Waals surface area (Å²) in [7, 11) is 0. The molecule has 8 heteroatoms. The van der Waals surface area contributed by atoms with Gasteiger partial charge in [-0.1, -0.05) is 0 Å². The first kappa shape index (κ1) is 11.1. The van der Waals surface area contributed by atoms with Crippen molar-refractivity contribution in [1.82, 2.24) is 0 Å². The summed E-state index contributed by atoms with van der Waals surface area (Å²) >= 11 is 0. The van der Waals surface area contributed by atoms with Gasteiger partial charge >= 0.3 is 5.97 Å². The number of nitrogens with two attached hydrogens (primary N) is 1. The summed E-state index contributed by atoms with van der Waals surface area (Å²) in [6.07, 6.45) is 0. The van der Waals surface area contributed by atoms with Crippen LogP contribution in [0.15, 0.2) is 12.1 Å². The van der Waals surface area contributed by atoms with Crippen molar-refractivity contribution in [2.45, 2.75) is 6.04 Å². The zero-order valence-corrected chi connectivity index (χ0v) is 8.45. The van der Waals surface area contributed by atoms with Crippen LogP contribution in [0.25, 0.3) is 0 Å². The van der Waals surface area contributed by atoms with Crippen LogP contribution in [0.1, 0.15) is 11.6 Å². The third-order valence-electron chi connectivity index (χ3n) is 2.32. The number of nitro benzene ring substituents is 1. The van der Waals surface area contributed by atoms with Gasteiger partial charge < -0.3 is 20.3 Å².